The lowest BCUT2D eigenvalue weighted by atomic mass is 10.1. The number of carbonyl (C=O) groups excluding carboxylic acids is 1. The van der Waals surface area contributed by atoms with Crippen molar-refractivity contribution in [3.05, 3.63) is 71.0 Å². The molecule has 1 fully saturated rings. The van der Waals surface area contributed by atoms with Crippen molar-refractivity contribution in [1.29, 1.82) is 0 Å². The van der Waals surface area contributed by atoms with Crippen LogP contribution in [0.1, 0.15) is 27.6 Å². The van der Waals surface area contributed by atoms with Crippen LogP contribution in [0.2, 0.25) is 5.02 Å². The fraction of sp³-hybridized carbons (Fsp3) is 0.263. The van der Waals surface area contributed by atoms with Crippen LogP contribution in [0, 0.1) is 0 Å². The van der Waals surface area contributed by atoms with Gasteiger partial charge in [0.2, 0.25) is 0 Å². The van der Waals surface area contributed by atoms with E-state index in [1.54, 1.807) is 4.68 Å². The van der Waals surface area contributed by atoms with Gasteiger partial charge in [-0.05, 0) is 46.7 Å². The number of benzene rings is 2. The molecule has 8 heteroatoms. The molecule has 1 aliphatic rings. The number of carbonyl (C=O) groups is 1. The third-order valence-electron chi connectivity index (χ3n) is 4.59. The molecule has 27 heavy (non-hydrogen) atoms. The fourth-order valence-electron chi connectivity index (χ4n) is 3.20. The number of hydrogen-bond acceptors (Lipinski definition) is 5. The standard InChI is InChI=1S/C19H18ClN5OS/c20-17-7-2-1-6-16(17)18-8-9-24(10-11-27-18)19(26)14-4-3-5-15(12-14)25-13-21-22-23-25/h1-7,12-13,18H,8-11H2/t18-/m0/s1. The van der Waals surface area contributed by atoms with Gasteiger partial charge in [-0.2, -0.15) is 11.8 Å². The van der Waals surface area contributed by atoms with Crippen molar-refractivity contribution in [3.8, 4) is 5.69 Å². The van der Waals surface area contributed by atoms with E-state index in [9.17, 15) is 4.79 Å². The largest absolute Gasteiger partial charge is 0.338 e. The van der Waals surface area contributed by atoms with Crippen LogP contribution in [-0.2, 0) is 0 Å². The predicted molar refractivity (Wildman–Crippen MR) is 106 cm³/mol. The van der Waals surface area contributed by atoms with E-state index in [0.29, 0.717) is 17.4 Å². The first-order valence-electron chi connectivity index (χ1n) is 8.71. The lowest BCUT2D eigenvalue weighted by Crippen LogP contribution is -2.33. The highest BCUT2D eigenvalue weighted by atomic mass is 35.5. The van der Waals surface area contributed by atoms with Gasteiger partial charge in [-0.25, -0.2) is 4.68 Å². The van der Waals surface area contributed by atoms with Crippen molar-refractivity contribution in [2.24, 2.45) is 0 Å². The Morgan fingerprint density at radius 1 is 1.15 bits per heavy atom. The van der Waals surface area contributed by atoms with Gasteiger partial charge in [0.15, 0.2) is 0 Å². The fourth-order valence-corrected chi connectivity index (χ4v) is 4.80. The van der Waals surface area contributed by atoms with E-state index in [-0.39, 0.29) is 5.91 Å². The number of amides is 1. The van der Waals surface area contributed by atoms with Gasteiger partial charge in [0.1, 0.15) is 6.33 Å². The minimum absolute atomic E-state index is 0.0327. The zero-order valence-electron chi connectivity index (χ0n) is 14.5. The number of rotatable bonds is 3. The van der Waals surface area contributed by atoms with Crippen LogP contribution in [0.4, 0.5) is 0 Å². The lowest BCUT2D eigenvalue weighted by Gasteiger charge is -2.21. The Morgan fingerprint density at radius 2 is 2.04 bits per heavy atom. The van der Waals surface area contributed by atoms with E-state index < -0.39 is 0 Å². The molecule has 0 unspecified atom stereocenters. The molecule has 1 atom stereocenters. The van der Waals surface area contributed by atoms with Crippen LogP contribution >= 0.6 is 23.4 Å². The predicted octanol–water partition coefficient (Wildman–Crippen LogP) is 3.64. The van der Waals surface area contributed by atoms with Gasteiger partial charge >= 0.3 is 0 Å². The molecule has 1 aliphatic heterocycles. The summed E-state index contributed by atoms with van der Waals surface area (Å²) in [6, 6.07) is 15.3. The van der Waals surface area contributed by atoms with Crippen LogP contribution in [0.25, 0.3) is 5.69 Å². The van der Waals surface area contributed by atoms with E-state index in [2.05, 4.69) is 21.6 Å². The van der Waals surface area contributed by atoms with Crippen LogP contribution < -0.4 is 0 Å². The molecule has 0 saturated carbocycles. The number of nitrogens with zero attached hydrogens (tertiary/aromatic N) is 5. The van der Waals surface area contributed by atoms with Crippen LogP contribution in [0.3, 0.4) is 0 Å². The normalized spacial score (nSPS) is 17.5. The molecule has 1 aromatic heterocycles. The van der Waals surface area contributed by atoms with E-state index in [1.807, 2.05) is 59.1 Å². The van der Waals surface area contributed by atoms with Crippen LogP contribution in [0.5, 0.6) is 0 Å². The summed E-state index contributed by atoms with van der Waals surface area (Å²) < 4.78 is 1.54. The summed E-state index contributed by atoms with van der Waals surface area (Å²) in [4.78, 5) is 14.9. The Morgan fingerprint density at radius 3 is 2.85 bits per heavy atom. The molecule has 0 radical (unpaired) electrons. The van der Waals surface area contributed by atoms with Gasteiger partial charge in [0.25, 0.3) is 5.91 Å². The van der Waals surface area contributed by atoms with Crippen molar-refractivity contribution in [3.63, 3.8) is 0 Å². The number of tetrazole rings is 1. The molecule has 0 spiro atoms. The highest BCUT2D eigenvalue weighted by molar-refractivity contribution is 7.99. The van der Waals surface area contributed by atoms with Crippen molar-refractivity contribution >= 4 is 29.3 Å². The number of aromatic nitrogens is 4. The maximum absolute atomic E-state index is 13.0. The van der Waals surface area contributed by atoms with Gasteiger partial charge in [-0.3, -0.25) is 4.79 Å². The highest BCUT2D eigenvalue weighted by Gasteiger charge is 2.24. The third kappa shape index (κ3) is 3.99. The minimum atomic E-state index is 0.0327. The van der Waals surface area contributed by atoms with Crippen LogP contribution in [0.15, 0.2) is 54.9 Å². The lowest BCUT2D eigenvalue weighted by molar-refractivity contribution is 0.0766. The summed E-state index contributed by atoms with van der Waals surface area (Å²) in [6.45, 7) is 1.43. The van der Waals surface area contributed by atoms with E-state index in [0.717, 1.165) is 35.0 Å². The average molecular weight is 400 g/mol. The summed E-state index contributed by atoms with van der Waals surface area (Å²) in [5.41, 5.74) is 2.56. The molecule has 1 saturated heterocycles. The van der Waals surface area contributed by atoms with Crippen molar-refractivity contribution in [2.75, 3.05) is 18.8 Å². The second-order valence-corrected chi connectivity index (χ2v) is 7.98. The molecule has 0 N–H and O–H groups in total. The Labute approximate surface area is 166 Å². The number of hydrogen-bond donors (Lipinski definition) is 0. The summed E-state index contributed by atoms with van der Waals surface area (Å²) in [5, 5.41) is 12.3. The van der Waals surface area contributed by atoms with Crippen molar-refractivity contribution in [1.82, 2.24) is 25.1 Å². The van der Waals surface area contributed by atoms with E-state index in [1.165, 1.54) is 6.33 Å². The minimum Gasteiger partial charge on any atom is -0.338 e. The second kappa shape index (κ2) is 8.10. The molecule has 3 aromatic rings. The number of halogens is 1. The summed E-state index contributed by atoms with van der Waals surface area (Å²) >= 11 is 8.22. The van der Waals surface area contributed by atoms with Gasteiger partial charge in [0.05, 0.1) is 5.69 Å². The molecule has 6 nitrogen and oxygen atoms in total. The average Bonchev–Trinajstić information content (AvgIpc) is 3.13. The van der Waals surface area contributed by atoms with Gasteiger partial charge < -0.3 is 4.90 Å². The molecule has 2 heterocycles. The monoisotopic (exact) mass is 399 g/mol. The first-order valence-corrected chi connectivity index (χ1v) is 10.1. The van der Waals surface area contributed by atoms with Crippen LogP contribution in [-0.4, -0.2) is 49.9 Å². The van der Waals surface area contributed by atoms with Gasteiger partial charge in [-0.15, -0.1) is 5.10 Å². The summed E-state index contributed by atoms with van der Waals surface area (Å²) in [5.74, 6) is 0.916. The molecule has 138 valence electrons. The first-order chi connectivity index (χ1) is 13.2. The maximum atomic E-state index is 13.0. The maximum Gasteiger partial charge on any atom is 0.253 e. The highest BCUT2D eigenvalue weighted by Crippen LogP contribution is 2.38. The Hall–Kier alpha value is -2.38. The molecule has 2 aromatic carbocycles. The smallest absolute Gasteiger partial charge is 0.253 e. The molecular formula is C19H18ClN5OS. The van der Waals surface area contributed by atoms with E-state index >= 15 is 0 Å². The molecule has 4 rings (SSSR count). The zero-order valence-corrected chi connectivity index (χ0v) is 16.1. The first kappa shape index (κ1) is 18.0. The topological polar surface area (TPSA) is 63.9 Å². The summed E-state index contributed by atoms with van der Waals surface area (Å²) in [7, 11) is 0. The summed E-state index contributed by atoms with van der Waals surface area (Å²) in [6.07, 6.45) is 2.40. The van der Waals surface area contributed by atoms with Crippen molar-refractivity contribution < 1.29 is 4.79 Å². The van der Waals surface area contributed by atoms with Gasteiger partial charge in [-0.1, -0.05) is 35.9 Å². The Kier molecular flexibility index (Phi) is 5.40. The zero-order chi connectivity index (χ0) is 18.6. The quantitative estimate of drug-likeness (QED) is 0.672. The molecule has 0 bridgehead atoms. The van der Waals surface area contributed by atoms with Crippen molar-refractivity contribution in [2.45, 2.75) is 11.7 Å². The Balaban J connectivity index is 1.49. The SMILES string of the molecule is O=C(c1cccc(-n2cnnn2)c1)N1CCS[C@H](c2ccccc2Cl)CC1. The molecule has 1 amide bonds. The van der Waals surface area contributed by atoms with E-state index in [4.69, 9.17) is 11.6 Å². The second-order valence-electron chi connectivity index (χ2n) is 6.27. The Bertz CT molecular complexity index is 933. The number of thioether (sulfide) groups is 1. The molecule has 0 aliphatic carbocycles. The van der Waals surface area contributed by atoms with Gasteiger partial charge in [0, 0.05) is 34.7 Å². The molecular weight excluding hydrogens is 382 g/mol. The third-order valence-corrected chi connectivity index (χ3v) is 6.24.